The first-order valence-corrected chi connectivity index (χ1v) is 9.32. The van der Waals surface area contributed by atoms with Crippen LogP contribution >= 0.6 is 11.6 Å². The van der Waals surface area contributed by atoms with E-state index in [-0.39, 0.29) is 24.3 Å². The lowest BCUT2D eigenvalue weighted by molar-refractivity contribution is -0.118. The van der Waals surface area contributed by atoms with Gasteiger partial charge in [0.1, 0.15) is 5.75 Å². The molecule has 1 aliphatic carbocycles. The molecule has 0 atom stereocenters. The number of nitrogens with one attached hydrogen (secondary N) is 2. The van der Waals surface area contributed by atoms with Gasteiger partial charge in [-0.1, -0.05) is 17.7 Å². The van der Waals surface area contributed by atoms with Crippen LogP contribution in [0.15, 0.2) is 30.3 Å². The molecule has 0 radical (unpaired) electrons. The number of hydrogen-bond donors (Lipinski definition) is 2. The molecular weight excluding hydrogens is 364 g/mol. The maximum atomic E-state index is 12.2. The number of carbonyl (C=O) groups excluding carboxylic acids is 2. The van der Waals surface area contributed by atoms with Gasteiger partial charge in [0.15, 0.2) is 6.61 Å². The Hall–Kier alpha value is -2.53. The maximum absolute atomic E-state index is 12.2. The number of aryl methyl sites for hydroxylation is 3. The molecular formula is C21H23ClN2O3. The lowest BCUT2D eigenvalue weighted by Gasteiger charge is -2.12. The van der Waals surface area contributed by atoms with Gasteiger partial charge in [0.05, 0.1) is 0 Å². The van der Waals surface area contributed by atoms with Gasteiger partial charge in [0, 0.05) is 22.3 Å². The molecule has 3 rings (SSSR count). The summed E-state index contributed by atoms with van der Waals surface area (Å²) in [6.45, 7) is 5.60. The first kappa shape index (κ1) is 19.2. The number of anilines is 2. The van der Waals surface area contributed by atoms with Crippen LogP contribution in [0.2, 0.25) is 5.02 Å². The van der Waals surface area contributed by atoms with Gasteiger partial charge in [-0.25, -0.2) is 0 Å². The molecule has 27 heavy (non-hydrogen) atoms. The van der Waals surface area contributed by atoms with Crippen molar-refractivity contribution in [1.29, 1.82) is 0 Å². The summed E-state index contributed by atoms with van der Waals surface area (Å²) in [5, 5.41) is 6.43. The topological polar surface area (TPSA) is 67.4 Å². The van der Waals surface area contributed by atoms with E-state index in [2.05, 4.69) is 10.6 Å². The first-order chi connectivity index (χ1) is 12.8. The molecule has 0 bridgehead atoms. The Balaban J connectivity index is 1.59. The van der Waals surface area contributed by atoms with Crippen molar-refractivity contribution in [3.05, 3.63) is 52.0 Å². The standard InChI is InChI=1S/C21H23ClN2O3/c1-12-4-7-16(10-18(12)24-21(26)15-5-6-15)23-19(25)11-27-17-8-13(2)20(22)14(3)9-17/h4,7-10,15H,5-6,11H2,1-3H3,(H,23,25)(H,24,26). The van der Waals surface area contributed by atoms with E-state index in [0.29, 0.717) is 16.5 Å². The fourth-order valence-electron chi connectivity index (χ4n) is 2.75. The quantitative estimate of drug-likeness (QED) is 0.760. The highest BCUT2D eigenvalue weighted by Crippen LogP contribution is 2.31. The van der Waals surface area contributed by atoms with E-state index in [4.69, 9.17) is 16.3 Å². The van der Waals surface area contributed by atoms with Crippen molar-refractivity contribution in [3.63, 3.8) is 0 Å². The second-order valence-electron chi connectivity index (χ2n) is 7.00. The summed E-state index contributed by atoms with van der Waals surface area (Å²) < 4.78 is 5.57. The molecule has 2 N–H and O–H groups in total. The molecule has 5 nitrogen and oxygen atoms in total. The lowest BCUT2D eigenvalue weighted by atomic mass is 10.1. The van der Waals surface area contributed by atoms with Gasteiger partial charge in [0.2, 0.25) is 5.91 Å². The normalized spacial score (nSPS) is 13.2. The van der Waals surface area contributed by atoms with E-state index in [1.807, 2.05) is 26.8 Å². The Morgan fingerprint density at radius 2 is 1.70 bits per heavy atom. The van der Waals surface area contributed by atoms with E-state index in [1.54, 1.807) is 24.3 Å². The highest BCUT2D eigenvalue weighted by Gasteiger charge is 2.29. The van der Waals surface area contributed by atoms with Crippen LogP contribution in [0.1, 0.15) is 29.5 Å². The third-order valence-corrected chi connectivity index (χ3v) is 5.10. The molecule has 0 unspecified atom stereocenters. The highest BCUT2D eigenvalue weighted by atomic mass is 35.5. The fraction of sp³-hybridized carbons (Fsp3) is 0.333. The van der Waals surface area contributed by atoms with Crippen LogP contribution in [0.3, 0.4) is 0 Å². The van der Waals surface area contributed by atoms with Crippen molar-refractivity contribution in [2.75, 3.05) is 17.2 Å². The minimum Gasteiger partial charge on any atom is -0.484 e. The van der Waals surface area contributed by atoms with Crippen LogP contribution in [0.25, 0.3) is 0 Å². The molecule has 1 aliphatic rings. The molecule has 0 saturated heterocycles. The number of hydrogen-bond acceptors (Lipinski definition) is 3. The summed E-state index contributed by atoms with van der Waals surface area (Å²) in [6.07, 6.45) is 1.89. The van der Waals surface area contributed by atoms with Gasteiger partial charge >= 0.3 is 0 Å². The average molecular weight is 387 g/mol. The summed E-state index contributed by atoms with van der Waals surface area (Å²) >= 11 is 6.14. The van der Waals surface area contributed by atoms with Crippen LogP contribution < -0.4 is 15.4 Å². The maximum Gasteiger partial charge on any atom is 0.262 e. The Morgan fingerprint density at radius 1 is 1.04 bits per heavy atom. The molecule has 0 aliphatic heterocycles. The number of amides is 2. The molecule has 1 saturated carbocycles. The Morgan fingerprint density at radius 3 is 2.33 bits per heavy atom. The summed E-state index contributed by atoms with van der Waals surface area (Å²) in [5.74, 6) is 0.496. The van der Waals surface area contributed by atoms with Gasteiger partial charge in [0.25, 0.3) is 5.91 Å². The van der Waals surface area contributed by atoms with E-state index in [9.17, 15) is 9.59 Å². The van der Waals surface area contributed by atoms with Crippen molar-refractivity contribution in [3.8, 4) is 5.75 Å². The second kappa shape index (κ2) is 8.01. The molecule has 142 valence electrons. The summed E-state index contributed by atoms with van der Waals surface area (Å²) in [7, 11) is 0. The molecule has 1 fully saturated rings. The second-order valence-corrected chi connectivity index (χ2v) is 7.38. The van der Waals surface area contributed by atoms with Gasteiger partial charge in [-0.05, 0) is 74.6 Å². The zero-order valence-electron chi connectivity index (χ0n) is 15.7. The predicted molar refractivity (Wildman–Crippen MR) is 108 cm³/mol. The molecule has 0 aromatic heterocycles. The van der Waals surface area contributed by atoms with Crippen LogP contribution in [0, 0.1) is 26.7 Å². The largest absolute Gasteiger partial charge is 0.484 e. The number of carbonyl (C=O) groups is 2. The van der Waals surface area contributed by atoms with Crippen molar-refractivity contribution < 1.29 is 14.3 Å². The Kier molecular flexibility index (Phi) is 5.71. The zero-order chi connectivity index (χ0) is 19.6. The fourth-order valence-corrected chi connectivity index (χ4v) is 2.86. The molecule has 2 aromatic carbocycles. The number of benzene rings is 2. The van der Waals surface area contributed by atoms with Crippen molar-refractivity contribution in [2.45, 2.75) is 33.6 Å². The Bertz CT molecular complexity index is 868. The molecule has 6 heteroatoms. The number of rotatable bonds is 6. The van der Waals surface area contributed by atoms with Crippen molar-refractivity contribution >= 4 is 34.8 Å². The number of halogens is 1. The van der Waals surface area contributed by atoms with Gasteiger partial charge in [-0.2, -0.15) is 0 Å². The van der Waals surface area contributed by atoms with Gasteiger partial charge < -0.3 is 15.4 Å². The van der Waals surface area contributed by atoms with Crippen LogP contribution in [-0.2, 0) is 9.59 Å². The SMILES string of the molecule is Cc1ccc(NC(=O)COc2cc(C)c(Cl)c(C)c2)cc1NC(=O)C1CC1. The van der Waals surface area contributed by atoms with E-state index in [1.165, 1.54) is 0 Å². The van der Waals surface area contributed by atoms with Crippen molar-refractivity contribution in [2.24, 2.45) is 5.92 Å². The van der Waals surface area contributed by atoms with Crippen LogP contribution in [-0.4, -0.2) is 18.4 Å². The third kappa shape index (κ3) is 5.01. The van der Waals surface area contributed by atoms with E-state index >= 15 is 0 Å². The average Bonchev–Trinajstić information content (AvgIpc) is 3.46. The summed E-state index contributed by atoms with van der Waals surface area (Å²) in [5.41, 5.74) is 4.09. The molecule has 2 amide bonds. The highest BCUT2D eigenvalue weighted by molar-refractivity contribution is 6.32. The first-order valence-electron chi connectivity index (χ1n) is 8.94. The Labute approximate surface area is 164 Å². The van der Waals surface area contributed by atoms with Crippen LogP contribution in [0.4, 0.5) is 11.4 Å². The zero-order valence-corrected chi connectivity index (χ0v) is 16.4. The lowest BCUT2D eigenvalue weighted by Crippen LogP contribution is -2.20. The summed E-state index contributed by atoms with van der Waals surface area (Å²) in [6, 6.07) is 9.05. The third-order valence-electron chi connectivity index (χ3n) is 4.51. The molecule has 2 aromatic rings. The smallest absolute Gasteiger partial charge is 0.262 e. The van der Waals surface area contributed by atoms with Crippen LogP contribution in [0.5, 0.6) is 5.75 Å². The molecule has 0 spiro atoms. The minimum atomic E-state index is -0.274. The predicted octanol–water partition coefficient (Wildman–Crippen LogP) is 4.63. The van der Waals surface area contributed by atoms with Crippen molar-refractivity contribution in [1.82, 2.24) is 0 Å². The van der Waals surface area contributed by atoms with E-state index in [0.717, 1.165) is 35.2 Å². The summed E-state index contributed by atoms with van der Waals surface area (Å²) in [4.78, 5) is 24.2. The molecule has 0 heterocycles. The van der Waals surface area contributed by atoms with Gasteiger partial charge in [-0.15, -0.1) is 0 Å². The minimum absolute atomic E-state index is 0.0402. The van der Waals surface area contributed by atoms with Gasteiger partial charge in [-0.3, -0.25) is 9.59 Å². The monoisotopic (exact) mass is 386 g/mol. The van der Waals surface area contributed by atoms with E-state index < -0.39 is 0 Å². The number of ether oxygens (including phenoxy) is 1.